The maximum Gasteiger partial charge on any atom is 0.225 e. The third-order valence-corrected chi connectivity index (χ3v) is 6.13. The van der Waals surface area contributed by atoms with Crippen LogP contribution in [0.25, 0.3) is 0 Å². The Morgan fingerprint density at radius 3 is 2.15 bits per heavy atom. The van der Waals surface area contributed by atoms with Crippen molar-refractivity contribution in [2.45, 2.75) is 12.8 Å². The predicted molar refractivity (Wildman–Crippen MR) is 136 cm³/mol. The van der Waals surface area contributed by atoms with Gasteiger partial charge in [0.15, 0.2) is 5.75 Å². The fourth-order valence-electron chi connectivity index (χ4n) is 4.06. The molecular weight excluding hydrogens is 426 g/mol. The molecule has 178 valence electrons. The van der Waals surface area contributed by atoms with Gasteiger partial charge in [0.25, 0.3) is 0 Å². The van der Waals surface area contributed by atoms with Crippen molar-refractivity contribution < 1.29 is 14.3 Å². The summed E-state index contributed by atoms with van der Waals surface area (Å²) >= 11 is 0. The molecule has 0 aromatic heterocycles. The van der Waals surface area contributed by atoms with Crippen LogP contribution < -0.4 is 14.8 Å². The zero-order chi connectivity index (χ0) is 23.6. The summed E-state index contributed by atoms with van der Waals surface area (Å²) in [6.45, 7) is 5.86. The second-order valence-electron chi connectivity index (χ2n) is 8.49. The first-order chi connectivity index (χ1) is 16.7. The van der Waals surface area contributed by atoms with Gasteiger partial charge in [0.2, 0.25) is 5.91 Å². The fourth-order valence-corrected chi connectivity index (χ4v) is 4.06. The van der Waals surface area contributed by atoms with Crippen LogP contribution in [0, 0.1) is 0 Å². The van der Waals surface area contributed by atoms with Crippen molar-refractivity contribution in [1.29, 1.82) is 0 Å². The molecule has 3 aromatic carbocycles. The first-order valence-corrected chi connectivity index (χ1v) is 11.9. The Balaban J connectivity index is 1.18. The minimum Gasteiger partial charge on any atom is -0.497 e. The molecule has 1 aliphatic heterocycles. The van der Waals surface area contributed by atoms with Crippen LogP contribution in [0.2, 0.25) is 0 Å². The standard InChI is InChI=1S/C28H33N3O3/c1-33-24-13-11-23(12-14-24)15-17-30-19-21-31(22-20-30)18-16-28(32)29-26-9-5-6-10-27(26)34-25-7-3-2-4-8-25/h2-14H,15-22H2,1H3,(H,29,32). The third-order valence-electron chi connectivity index (χ3n) is 6.13. The molecule has 1 aliphatic rings. The van der Waals surface area contributed by atoms with Crippen molar-refractivity contribution >= 4 is 11.6 Å². The number of carbonyl (C=O) groups is 1. The molecule has 0 aliphatic carbocycles. The summed E-state index contributed by atoms with van der Waals surface area (Å²) < 4.78 is 11.2. The summed E-state index contributed by atoms with van der Waals surface area (Å²) in [5.74, 6) is 2.29. The summed E-state index contributed by atoms with van der Waals surface area (Å²) in [6.07, 6.45) is 1.50. The molecular formula is C28H33N3O3. The van der Waals surface area contributed by atoms with Crippen molar-refractivity contribution in [2.75, 3.05) is 51.7 Å². The molecule has 1 saturated heterocycles. The molecule has 0 spiro atoms. The van der Waals surface area contributed by atoms with E-state index in [0.717, 1.165) is 57.2 Å². The molecule has 0 saturated carbocycles. The highest BCUT2D eigenvalue weighted by molar-refractivity contribution is 5.92. The number of nitrogens with zero attached hydrogens (tertiary/aromatic N) is 2. The minimum absolute atomic E-state index is 0.00560. The average molecular weight is 460 g/mol. The number of benzene rings is 3. The number of piperazine rings is 1. The second kappa shape index (κ2) is 12.2. The van der Waals surface area contributed by atoms with Gasteiger partial charge in [0, 0.05) is 45.7 Å². The molecule has 0 atom stereocenters. The molecule has 1 amide bonds. The van der Waals surface area contributed by atoms with E-state index in [-0.39, 0.29) is 5.91 Å². The van der Waals surface area contributed by atoms with Crippen LogP contribution in [0.1, 0.15) is 12.0 Å². The molecule has 34 heavy (non-hydrogen) atoms. The van der Waals surface area contributed by atoms with E-state index in [0.29, 0.717) is 17.9 Å². The largest absolute Gasteiger partial charge is 0.497 e. The lowest BCUT2D eigenvalue weighted by Gasteiger charge is -2.34. The third kappa shape index (κ3) is 7.07. The van der Waals surface area contributed by atoms with Crippen molar-refractivity contribution in [2.24, 2.45) is 0 Å². The smallest absolute Gasteiger partial charge is 0.225 e. The van der Waals surface area contributed by atoms with Gasteiger partial charge in [0.1, 0.15) is 11.5 Å². The first-order valence-electron chi connectivity index (χ1n) is 11.9. The number of amides is 1. The Labute approximate surface area is 202 Å². The summed E-state index contributed by atoms with van der Waals surface area (Å²) in [4.78, 5) is 17.5. The number of para-hydroxylation sites is 3. The lowest BCUT2D eigenvalue weighted by molar-refractivity contribution is -0.116. The number of ether oxygens (including phenoxy) is 2. The lowest BCUT2D eigenvalue weighted by atomic mass is 10.1. The van der Waals surface area contributed by atoms with Gasteiger partial charge < -0.3 is 24.6 Å². The zero-order valence-corrected chi connectivity index (χ0v) is 19.8. The summed E-state index contributed by atoms with van der Waals surface area (Å²) in [5, 5.41) is 3.02. The van der Waals surface area contributed by atoms with Crippen molar-refractivity contribution in [3.8, 4) is 17.2 Å². The Bertz CT molecular complexity index is 1030. The highest BCUT2D eigenvalue weighted by Gasteiger charge is 2.18. The molecule has 1 fully saturated rings. The van der Waals surface area contributed by atoms with Gasteiger partial charge in [-0.2, -0.15) is 0 Å². The van der Waals surface area contributed by atoms with Gasteiger partial charge in [-0.1, -0.05) is 42.5 Å². The van der Waals surface area contributed by atoms with E-state index in [4.69, 9.17) is 9.47 Å². The molecule has 0 bridgehead atoms. The Morgan fingerprint density at radius 2 is 1.44 bits per heavy atom. The van der Waals surface area contributed by atoms with E-state index in [9.17, 15) is 4.79 Å². The van der Waals surface area contributed by atoms with Gasteiger partial charge in [-0.3, -0.25) is 4.79 Å². The highest BCUT2D eigenvalue weighted by Crippen LogP contribution is 2.29. The molecule has 6 nitrogen and oxygen atoms in total. The fraction of sp³-hybridized carbons (Fsp3) is 0.321. The van der Waals surface area contributed by atoms with Crippen LogP contribution in [0.3, 0.4) is 0 Å². The lowest BCUT2D eigenvalue weighted by Crippen LogP contribution is -2.47. The van der Waals surface area contributed by atoms with E-state index >= 15 is 0 Å². The summed E-state index contributed by atoms with van der Waals surface area (Å²) in [7, 11) is 1.69. The van der Waals surface area contributed by atoms with Gasteiger partial charge in [0.05, 0.1) is 12.8 Å². The summed E-state index contributed by atoms with van der Waals surface area (Å²) in [6, 6.07) is 25.4. The molecule has 1 heterocycles. The number of anilines is 1. The normalized spacial score (nSPS) is 14.5. The molecule has 4 rings (SSSR count). The quantitative estimate of drug-likeness (QED) is 0.477. The van der Waals surface area contributed by atoms with E-state index in [1.165, 1.54) is 5.56 Å². The van der Waals surface area contributed by atoms with Crippen LogP contribution in [0.15, 0.2) is 78.9 Å². The number of nitrogens with one attached hydrogen (secondary N) is 1. The number of carbonyl (C=O) groups excluding carboxylic acids is 1. The van der Waals surface area contributed by atoms with Gasteiger partial charge in [-0.15, -0.1) is 0 Å². The van der Waals surface area contributed by atoms with Gasteiger partial charge >= 0.3 is 0 Å². The van der Waals surface area contributed by atoms with Crippen LogP contribution in [-0.2, 0) is 11.2 Å². The van der Waals surface area contributed by atoms with E-state index in [2.05, 4.69) is 27.2 Å². The van der Waals surface area contributed by atoms with Crippen LogP contribution in [0.5, 0.6) is 17.2 Å². The van der Waals surface area contributed by atoms with Crippen molar-refractivity contribution in [3.63, 3.8) is 0 Å². The number of methoxy groups -OCH3 is 1. The molecule has 6 heteroatoms. The maximum absolute atomic E-state index is 12.6. The molecule has 0 unspecified atom stereocenters. The SMILES string of the molecule is COc1ccc(CCN2CCN(CCC(=O)Nc3ccccc3Oc3ccccc3)CC2)cc1. The van der Waals surface area contributed by atoms with Crippen molar-refractivity contribution in [3.05, 3.63) is 84.4 Å². The molecule has 3 aromatic rings. The van der Waals surface area contributed by atoms with E-state index in [1.807, 2.05) is 66.7 Å². The summed E-state index contributed by atoms with van der Waals surface area (Å²) in [5.41, 5.74) is 2.02. The topological polar surface area (TPSA) is 54.0 Å². The van der Waals surface area contributed by atoms with Crippen LogP contribution in [0.4, 0.5) is 5.69 Å². The Kier molecular flexibility index (Phi) is 8.54. The van der Waals surface area contributed by atoms with Gasteiger partial charge in [-0.05, 0) is 48.4 Å². The minimum atomic E-state index is 0.00560. The van der Waals surface area contributed by atoms with Gasteiger partial charge in [-0.25, -0.2) is 0 Å². The monoisotopic (exact) mass is 459 g/mol. The Morgan fingerprint density at radius 1 is 0.794 bits per heavy atom. The van der Waals surface area contributed by atoms with E-state index in [1.54, 1.807) is 7.11 Å². The zero-order valence-electron chi connectivity index (χ0n) is 19.8. The first kappa shape index (κ1) is 23.8. The number of hydrogen-bond acceptors (Lipinski definition) is 5. The molecule has 0 radical (unpaired) electrons. The predicted octanol–water partition coefficient (Wildman–Crippen LogP) is 4.68. The molecule has 1 N–H and O–H groups in total. The van der Waals surface area contributed by atoms with Crippen LogP contribution in [-0.4, -0.2) is 62.1 Å². The van der Waals surface area contributed by atoms with Crippen molar-refractivity contribution in [1.82, 2.24) is 9.80 Å². The number of hydrogen-bond donors (Lipinski definition) is 1. The highest BCUT2D eigenvalue weighted by atomic mass is 16.5. The average Bonchev–Trinajstić information content (AvgIpc) is 2.89. The maximum atomic E-state index is 12.6. The Hall–Kier alpha value is -3.35. The second-order valence-corrected chi connectivity index (χ2v) is 8.49. The van der Waals surface area contributed by atoms with E-state index < -0.39 is 0 Å². The number of rotatable bonds is 10. The van der Waals surface area contributed by atoms with Crippen LogP contribution >= 0.6 is 0 Å².